The van der Waals surface area contributed by atoms with Crippen LogP contribution in [0.2, 0.25) is 0 Å². The predicted molar refractivity (Wildman–Crippen MR) is 87.7 cm³/mol. The van der Waals surface area contributed by atoms with Crippen LogP contribution >= 0.6 is 0 Å². The molecule has 0 saturated carbocycles. The first-order valence-corrected chi connectivity index (χ1v) is 8.82. The molecule has 13 heteroatoms. The maximum atomic E-state index is 11.3. The van der Waals surface area contributed by atoms with Crippen LogP contribution in [0.3, 0.4) is 0 Å². The number of carbonyl (C=O) groups excluding carboxylic acids is 2. The molecule has 0 amide bonds. The molecule has 13 nitrogen and oxygen atoms in total. The molecule has 2 fully saturated rings. The van der Waals surface area contributed by atoms with Crippen molar-refractivity contribution in [3.63, 3.8) is 0 Å². The summed E-state index contributed by atoms with van der Waals surface area (Å²) in [6.45, 7) is -0.0577. The highest BCUT2D eigenvalue weighted by Crippen LogP contribution is 2.36. The highest BCUT2D eigenvalue weighted by Gasteiger charge is 2.58. The number of aliphatic hydroxyl groups excluding tert-OH is 6. The zero-order chi connectivity index (χ0) is 21.9. The Bertz CT molecular complexity index is 585. The zero-order valence-electron chi connectivity index (χ0n) is 15.8. The summed E-state index contributed by atoms with van der Waals surface area (Å²) < 4.78 is 25.7. The summed E-state index contributed by atoms with van der Waals surface area (Å²) in [4.78, 5) is 22.4. The number of hydrogen-bond acceptors (Lipinski definition) is 13. The third-order valence-corrected chi connectivity index (χ3v) is 4.62. The van der Waals surface area contributed by atoms with Crippen LogP contribution in [0.15, 0.2) is 0 Å². The molecule has 0 aliphatic carbocycles. The number of ether oxygens (including phenoxy) is 5. The number of rotatable bonds is 7. The third-order valence-electron chi connectivity index (χ3n) is 4.62. The van der Waals surface area contributed by atoms with Crippen molar-refractivity contribution in [2.75, 3.05) is 19.8 Å². The minimum absolute atomic E-state index is 0.488. The second-order valence-electron chi connectivity index (χ2n) is 6.76. The fourth-order valence-electron chi connectivity index (χ4n) is 3.13. The molecule has 0 bridgehead atoms. The van der Waals surface area contributed by atoms with Crippen molar-refractivity contribution >= 4 is 11.9 Å². The number of aliphatic hydroxyl groups is 6. The van der Waals surface area contributed by atoms with Crippen LogP contribution in [-0.4, -0.2) is 117 Å². The van der Waals surface area contributed by atoms with Gasteiger partial charge in [0.1, 0.15) is 49.8 Å². The van der Waals surface area contributed by atoms with Gasteiger partial charge in [0.05, 0.1) is 6.61 Å². The standard InChI is InChI=1S/C16H26O13/c1-6(19)25-4-9-10(21)13(26-7(2)20)12(23)15(27-9)29-16(5-18)14(24)11(22)8(3-17)28-16/h8-15,17-18,21-24H,3-5H2,1-2H3/t8-,9-,10-,11-,12-,13+,14+,15?,16?/m1/s1. The molecule has 0 aromatic heterocycles. The van der Waals surface area contributed by atoms with Gasteiger partial charge in [-0.1, -0.05) is 0 Å². The van der Waals surface area contributed by atoms with E-state index in [1.807, 2.05) is 0 Å². The van der Waals surface area contributed by atoms with Gasteiger partial charge >= 0.3 is 11.9 Å². The fraction of sp³-hybridized carbons (Fsp3) is 0.875. The van der Waals surface area contributed by atoms with Crippen molar-refractivity contribution in [2.45, 2.75) is 68.7 Å². The van der Waals surface area contributed by atoms with E-state index in [9.17, 15) is 40.2 Å². The average Bonchev–Trinajstić information content (AvgIpc) is 2.91. The average molecular weight is 426 g/mol. The molecule has 0 radical (unpaired) electrons. The minimum atomic E-state index is -2.30. The van der Waals surface area contributed by atoms with E-state index in [0.29, 0.717) is 0 Å². The van der Waals surface area contributed by atoms with E-state index in [-0.39, 0.29) is 0 Å². The lowest BCUT2D eigenvalue weighted by Gasteiger charge is -2.44. The molecule has 0 aromatic rings. The molecule has 2 rings (SSSR count). The maximum absolute atomic E-state index is 11.3. The van der Waals surface area contributed by atoms with E-state index in [1.165, 1.54) is 0 Å². The van der Waals surface area contributed by atoms with E-state index in [0.717, 1.165) is 13.8 Å². The molecule has 9 atom stereocenters. The molecule has 2 unspecified atom stereocenters. The summed E-state index contributed by atoms with van der Waals surface area (Å²) in [6, 6.07) is 0. The molecule has 2 saturated heterocycles. The van der Waals surface area contributed by atoms with E-state index >= 15 is 0 Å². The second-order valence-corrected chi connectivity index (χ2v) is 6.76. The zero-order valence-corrected chi connectivity index (χ0v) is 15.8. The largest absolute Gasteiger partial charge is 0.463 e. The molecule has 2 aliphatic heterocycles. The summed E-state index contributed by atoms with van der Waals surface area (Å²) in [7, 11) is 0. The molecule has 2 aliphatic rings. The first kappa shape index (κ1) is 23.9. The summed E-state index contributed by atoms with van der Waals surface area (Å²) in [5.74, 6) is -3.83. The molecule has 0 aromatic carbocycles. The number of hydrogen-bond donors (Lipinski definition) is 6. The van der Waals surface area contributed by atoms with Gasteiger partial charge < -0.3 is 54.3 Å². The van der Waals surface area contributed by atoms with Gasteiger partial charge in [0, 0.05) is 13.8 Å². The third kappa shape index (κ3) is 5.02. The van der Waals surface area contributed by atoms with Crippen LogP contribution < -0.4 is 0 Å². The summed E-state index contributed by atoms with van der Waals surface area (Å²) in [5.41, 5.74) is 0. The SMILES string of the molecule is CC(=O)OC[C@H]1OC(OC2(CO)O[C@H](CO)[C@@H](O)[C@@H]2O)[C@H](O)[C@@H](OC(C)=O)[C@@H]1O. The monoisotopic (exact) mass is 426 g/mol. The van der Waals surface area contributed by atoms with Gasteiger partial charge in [-0.15, -0.1) is 0 Å². The lowest BCUT2D eigenvalue weighted by molar-refractivity contribution is -0.383. The Morgan fingerprint density at radius 1 is 0.966 bits per heavy atom. The van der Waals surface area contributed by atoms with Gasteiger partial charge in [-0.3, -0.25) is 9.59 Å². The lowest BCUT2D eigenvalue weighted by Crippen LogP contribution is -2.63. The summed E-state index contributed by atoms with van der Waals surface area (Å²) >= 11 is 0. The van der Waals surface area contributed by atoms with Crippen LogP contribution in [0.25, 0.3) is 0 Å². The van der Waals surface area contributed by atoms with E-state index in [4.69, 9.17) is 23.7 Å². The Morgan fingerprint density at radius 2 is 1.62 bits per heavy atom. The van der Waals surface area contributed by atoms with Crippen molar-refractivity contribution in [3.05, 3.63) is 0 Å². The van der Waals surface area contributed by atoms with E-state index in [1.54, 1.807) is 0 Å². The van der Waals surface area contributed by atoms with Gasteiger partial charge in [-0.05, 0) is 0 Å². The van der Waals surface area contributed by atoms with Gasteiger partial charge in [-0.2, -0.15) is 0 Å². The van der Waals surface area contributed by atoms with Gasteiger partial charge in [0.15, 0.2) is 12.4 Å². The molecule has 2 heterocycles. The van der Waals surface area contributed by atoms with Crippen molar-refractivity contribution < 1.29 is 63.9 Å². The van der Waals surface area contributed by atoms with Crippen LogP contribution in [0.1, 0.15) is 13.8 Å². The summed E-state index contributed by atoms with van der Waals surface area (Å²) in [6.07, 6.45) is -12.8. The van der Waals surface area contributed by atoms with Crippen LogP contribution in [0, 0.1) is 0 Å². The molecule has 168 valence electrons. The van der Waals surface area contributed by atoms with Crippen molar-refractivity contribution in [3.8, 4) is 0 Å². The Kier molecular flexibility index (Phi) is 7.89. The molecule has 29 heavy (non-hydrogen) atoms. The second kappa shape index (κ2) is 9.59. The highest BCUT2D eigenvalue weighted by atomic mass is 16.8. The Balaban J connectivity index is 2.26. The van der Waals surface area contributed by atoms with Crippen LogP contribution in [0.4, 0.5) is 0 Å². The number of carbonyl (C=O) groups is 2. The summed E-state index contributed by atoms with van der Waals surface area (Å²) in [5, 5.41) is 59.9. The Hall–Kier alpha value is -1.42. The first-order chi connectivity index (χ1) is 13.6. The number of esters is 2. The molecular formula is C16H26O13. The first-order valence-electron chi connectivity index (χ1n) is 8.82. The Labute approximate surface area is 165 Å². The molecular weight excluding hydrogens is 400 g/mol. The minimum Gasteiger partial charge on any atom is -0.463 e. The lowest BCUT2D eigenvalue weighted by atomic mass is 9.98. The molecule has 6 N–H and O–H groups in total. The van der Waals surface area contributed by atoms with Gasteiger partial charge in [-0.25, -0.2) is 0 Å². The van der Waals surface area contributed by atoms with Gasteiger partial charge in [0.25, 0.3) is 0 Å². The normalized spacial score (nSPS) is 42.5. The Morgan fingerprint density at radius 3 is 2.10 bits per heavy atom. The fourth-order valence-corrected chi connectivity index (χ4v) is 3.13. The van der Waals surface area contributed by atoms with Gasteiger partial charge in [0.2, 0.25) is 5.79 Å². The van der Waals surface area contributed by atoms with Crippen LogP contribution in [-0.2, 0) is 33.3 Å². The quantitative estimate of drug-likeness (QED) is 0.214. The molecule has 0 spiro atoms. The van der Waals surface area contributed by atoms with Crippen molar-refractivity contribution in [1.29, 1.82) is 0 Å². The van der Waals surface area contributed by atoms with Crippen molar-refractivity contribution in [1.82, 2.24) is 0 Å². The smallest absolute Gasteiger partial charge is 0.303 e. The van der Waals surface area contributed by atoms with E-state index in [2.05, 4.69) is 0 Å². The predicted octanol–water partition coefficient (Wildman–Crippen LogP) is -4.25. The van der Waals surface area contributed by atoms with Crippen molar-refractivity contribution in [2.24, 2.45) is 0 Å². The van der Waals surface area contributed by atoms with Crippen LogP contribution in [0.5, 0.6) is 0 Å². The van der Waals surface area contributed by atoms with E-state index < -0.39 is 86.6 Å². The topological polar surface area (TPSA) is 202 Å². The highest BCUT2D eigenvalue weighted by molar-refractivity contribution is 5.66. The maximum Gasteiger partial charge on any atom is 0.303 e.